The highest BCUT2D eigenvalue weighted by molar-refractivity contribution is 8.00. The predicted molar refractivity (Wildman–Crippen MR) is 156 cm³/mol. The van der Waals surface area contributed by atoms with E-state index in [1.165, 1.54) is 24.3 Å². The molecular formula is C30H23N3O3S3. The number of thiazole rings is 1. The van der Waals surface area contributed by atoms with Crippen LogP contribution in [0.25, 0.3) is 38.6 Å². The first-order chi connectivity index (χ1) is 19.0. The molecule has 0 N–H and O–H groups in total. The molecule has 9 heteroatoms. The highest BCUT2D eigenvalue weighted by Gasteiger charge is 2.28. The molecule has 0 amide bonds. The van der Waals surface area contributed by atoms with Crippen LogP contribution in [0.2, 0.25) is 0 Å². The molecule has 6 aromatic rings. The van der Waals surface area contributed by atoms with E-state index in [1.807, 2.05) is 47.0 Å². The summed E-state index contributed by atoms with van der Waals surface area (Å²) in [6.45, 7) is 0. The van der Waals surface area contributed by atoms with Crippen molar-refractivity contribution in [1.29, 1.82) is 0 Å². The number of hydrogen-bond donors (Lipinski definition) is 0. The molecule has 39 heavy (non-hydrogen) atoms. The van der Waals surface area contributed by atoms with Crippen molar-refractivity contribution in [2.75, 3.05) is 6.26 Å². The molecular weight excluding hydrogens is 547 g/mol. The molecule has 0 spiro atoms. The molecule has 0 bridgehead atoms. The summed E-state index contributed by atoms with van der Waals surface area (Å²) in [4.78, 5) is 6.12. The molecule has 0 saturated heterocycles. The van der Waals surface area contributed by atoms with Crippen LogP contribution in [0, 0.1) is 0 Å². The van der Waals surface area contributed by atoms with Crippen LogP contribution >= 0.6 is 23.1 Å². The Morgan fingerprint density at radius 2 is 1.15 bits per heavy atom. The molecule has 6 rings (SSSR count). The van der Waals surface area contributed by atoms with E-state index in [9.17, 15) is 13.0 Å². The van der Waals surface area contributed by atoms with Crippen LogP contribution in [0.1, 0.15) is 0 Å². The lowest BCUT2D eigenvalue weighted by Gasteiger charge is -2.04. The number of benzene rings is 4. The second kappa shape index (κ2) is 11.9. The fraction of sp³-hybridized carbons (Fsp3) is 0.0333. The van der Waals surface area contributed by atoms with E-state index >= 15 is 0 Å². The van der Waals surface area contributed by atoms with Crippen LogP contribution in [-0.4, -0.2) is 29.3 Å². The molecule has 0 atom stereocenters. The minimum absolute atomic E-state index is 0.185. The van der Waals surface area contributed by atoms with Crippen LogP contribution in [0.15, 0.2) is 131 Å². The zero-order valence-electron chi connectivity index (χ0n) is 20.8. The van der Waals surface area contributed by atoms with Crippen LogP contribution in [-0.2, 0) is 10.1 Å². The molecule has 2 heterocycles. The average molecular weight is 570 g/mol. The van der Waals surface area contributed by atoms with E-state index in [0.29, 0.717) is 0 Å². The Balaban J connectivity index is 0.000000261. The lowest BCUT2D eigenvalue weighted by Crippen LogP contribution is -2.29. The van der Waals surface area contributed by atoms with Gasteiger partial charge in [0.2, 0.25) is 10.0 Å². The standard InChI is InChI=1S/C24H18N3S2.C6H6O3S/c1-28-24-27-23(22(29-24)19-15-9-4-10-16-19)25-20(17-11-5-2-6-12-17)21(26-27)18-13-7-3-8-14-18;7-10(8,9)6-4-2-1-3-5-6/h2-16H,1H3;1-5H,(H,7,8,9)/q+1;/p-1. The molecule has 0 radical (unpaired) electrons. The topological polar surface area (TPSA) is 87.1 Å². The summed E-state index contributed by atoms with van der Waals surface area (Å²) in [7, 11) is -4.25. The summed E-state index contributed by atoms with van der Waals surface area (Å²) in [5.41, 5.74) is 5.98. The Morgan fingerprint density at radius 3 is 1.62 bits per heavy atom. The number of fused-ring (bicyclic) bond motifs is 1. The zero-order valence-corrected chi connectivity index (χ0v) is 23.3. The first-order valence-electron chi connectivity index (χ1n) is 11.9. The van der Waals surface area contributed by atoms with Crippen LogP contribution in [0.4, 0.5) is 0 Å². The summed E-state index contributed by atoms with van der Waals surface area (Å²) >= 11 is 3.43. The smallest absolute Gasteiger partial charge is 0.368 e. The van der Waals surface area contributed by atoms with Gasteiger partial charge in [-0.3, -0.25) is 0 Å². The maximum Gasteiger partial charge on any atom is 0.368 e. The van der Waals surface area contributed by atoms with Gasteiger partial charge in [0.15, 0.2) is 5.69 Å². The highest BCUT2D eigenvalue weighted by atomic mass is 32.2. The normalized spacial score (nSPS) is 11.1. The van der Waals surface area contributed by atoms with Gasteiger partial charge in [-0.1, -0.05) is 142 Å². The van der Waals surface area contributed by atoms with Crippen LogP contribution in [0.3, 0.4) is 0 Å². The lowest BCUT2D eigenvalue weighted by atomic mass is 10.0. The molecule has 0 unspecified atom stereocenters. The van der Waals surface area contributed by atoms with Gasteiger partial charge < -0.3 is 4.55 Å². The number of hydrogen-bond acceptors (Lipinski definition) is 7. The fourth-order valence-corrected chi connectivity index (χ4v) is 6.17. The third-order valence-corrected chi connectivity index (χ3v) is 8.84. The molecule has 0 aliphatic heterocycles. The molecule has 194 valence electrons. The third-order valence-electron chi connectivity index (χ3n) is 5.74. The SMILES string of the molecule is CSc1sc(-c2ccccc2)c2nc(-c3ccccc3)c(-c3ccccc3)n[n+]12.O=S(=O)([O-])c1ccccc1. The van der Waals surface area contributed by atoms with E-state index in [1.54, 1.807) is 29.2 Å². The van der Waals surface area contributed by atoms with Crippen molar-refractivity contribution in [3.8, 4) is 33.0 Å². The van der Waals surface area contributed by atoms with Crippen molar-refractivity contribution >= 4 is 38.9 Å². The summed E-state index contributed by atoms with van der Waals surface area (Å²) in [5.74, 6) is 0. The van der Waals surface area contributed by atoms with E-state index in [0.717, 1.165) is 42.9 Å². The van der Waals surface area contributed by atoms with Gasteiger partial charge in [-0.05, 0) is 23.4 Å². The third kappa shape index (κ3) is 6.07. The van der Waals surface area contributed by atoms with E-state index < -0.39 is 10.1 Å². The van der Waals surface area contributed by atoms with Gasteiger partial charge in [-0.2, -0.15) is 0 Å². The van der Waals surface area contributed by atoms with Crippen LogP contribution in [0.5, 0.6) is 0 Å². The minimum atomic E-state index is -4.25. The van der Waals surface area contributed by atoms with Crippen molar-refractivity contribution < 1.29 is 17.5 Å². The Hall–Kier alpha value is -3.89. The largest absolute Gasteiger partial charge is 0.744 e. The van der Waals surface area contributed by atoms with E-state index in [-0.39, 0.29) is 4.90 Å². The van der Waals surface area contributed by atoms with E-state index in [2.05, 4.69) is 54.8 Å². The average Bonchev–Trinajstić information content (AvgIpc) is 3.36. The number of rotatable bonds is 5. The van der Waals surface area contributed by atoms with Gasteiger partial charge in [0.05, 0.1) is 4.90 Å². The first-order valence-corrected chi connectivity index (χ1v) is 15.4. The molecule has 0 fully saturated rings. The van der Waals surface area contributed by atoms with Crippen LogP contribution < -0.4 is 4.52 Å². The predicted octanol–water partition coefficient (Wildman–Crippen LogP) is 6.59. The lowest BCUT2D eigenvalue weighted by molar-refractivity contribution is -0.614. The second-order valence-corrected chi connectivity index (χ2v) is 11.7. The van der Waals surface area contributed by atoms with Crippen molar-refractivity contribution in [2.45, 2.75) is 9.24 Å². The van der Waals surface area contributed by atoms with Crippen molar-refractivity contribution in [3.63, 3.8) is 0 Å². The molecule has 6 nitrogen and oxygen atoms in total. The summed E-state index contributed by atoms with van der Waals surface area (Å²) < 4.78 is 33.9. The summed E-state index contributed by atoms with van der Waals surface area (Å²) in [6.07, 6.45) is 2.09. The van der Waals surface area contributed by atoms with Crippen molar-refractivity contribution in [2.24, 2.45) is 0 Å². The molecule has 4 aromatic carbocycles. The minimum Gasteiger partial charge on any atom is -0.744 e. The van der Waals surface area contributed by atoms with Gasteiger partial charge in [-0.15, -0.1) is 0 Å². The maximum absolute atomic E-state index is 10.3. The second-order valence-electron chi connectivity index (χ2n) is 8.31. The Morgan fingerprint density at radius 1 is 0.692 bits per heavy atom. The Labute approximate surface area is 235 Å². The highest BCUT2D eigenvalue weighted by Crippen LogP contribution is 2.35. The molecule has 0 aliphatic carbocycles. The fourth-order valence-electron chi connectivity index (χ4n) is 3.93. The number of nitrogens with zero attached hydrogens (tertiary/aromatic N) is 3. The Bertz CT molecular complexity index is 1800. The number of aromatic nitrogens is 3. The van der Waals surface area contributed by atoms with Crippen molar-refractivity contribution in [1.82, 2.24) is 10.1 Å². The zero-order chi connectivity index (χ0) is 27.2. The van der Waals surface area contributed by atoms with E-state index in [4.69, 9.17) is 10.1 Å². The van der Waals surface area contributed by atoms with Crippen molar-refractivity contribution in [3.05, 3.63) is 121 Å². The molecule has 2 aromatic heterocycles. The van der Waals surface area contributed by atoms with Gasteiger partial charge >= 0.3 is 5.65 Å². The monoisotopic (exact) mass is 569 g/mol. The summed E-state index contributed by atoms with van der Waals surface area (Å²) in [6, 6.07) is 38.2. The first kappa shape index (κ1) is 26.7. The maximum atomic E-state index is 10.3. The van der Waals surface area contributed by atoms with Gasteiger partial charge in [0.25, 0.3) is 0 Å². The number of thioether (sulfide) groups is 1. The summed E-state index contributed by atoms with van der Waals surface area (Å²) in [5, 5.41) is 5.08. The van der Waals surface area contributed by atoms with Gasteiger partial charge in [0, 0.05) is 16.7 Å². The molecule has 0 saturated carbocycles. The quantitative estimate of drug-likeness (QED) is 0.132. The van der Waals surface area contributed by atoms with Gasteiger partial charge in [-0.25, -0.2) is 8.42 Å². The Kier molecular flexibility index (Phi) is 8.13. The van der Waals surface area contributed by atoms with Gasteiger partial charge in [0.1, 0.15) is 15.0 Å². The molecule has 0 aliphatic rings.